The standard InChI is InChI=1S/C61H102O6/c1-4-7-10-13-16-19-22-25-28-29-30-31-34-36-39-42-45-48-51-54-60(63)66-57-58(67-61(64)55-52-49-46-43-40-37-33-27-24-21-18-15-12-9-6-3)56-65-59(62)53-50-47-44-41-38-35-32-26-23-20-17-14-11-8-5-2/h9,12,17-18,20-21,25-28,32-33,38,40-41,43,58H,4-8,10-11,13-16,19,22-24,29-31,34-37,39,42,44-57H2,1-3H3/b12-9-,20-17-,21-18-,28-25-,32-26-,33-27-,41-38-,43-40-/t58-/m1/s1. The van der Waals surface area contributed by atoms with Crippen LogP contribution in [-0.4, -0.2) is 37.2 Å². The summed E-state index contributed by atoms with van der Waals surface area (Å²) in [6.07, 6.45) is 72.6. The van der Waals surface area contributed by atoms with Gasteiger partial charge in [-0.1, -0.05) is 208 Å². The SMILES string of the molecule is CC/C=C\C/C=C\C/C=C\C/C=C\CCCCC(=O)O[C@H](COC(=O)CCCC/C=C\C/C=C\C/C=C\CCCCC)COC(=O)CCCCCCCCCCC/C=C\CCCCCCCC. The number of esters is 3. The maximum Gasteiger partial charge on any atom is 0.306 e. The van der Waals surface area contributed by atoms with Crippen LogP contribution in [0, 0.1) is 0 Å². The average Bonchev–Trinajstić information content (AvgIpc) is 3.33. The number of hydrogen-bond donors (Lipinski definition) is 0. The largest absolute Gasteiger partial charge is 0.462 e. The zero-order chi connectivity index (χ0) is 48.6. The van der Waals surface area contributed by atoms with Crippen molar-refractivity contribution in [2.45, 2.75) is 258 Å². The highest BCUT2D eigenvalue weighted by Crippen LogP contribution is 2.14. The van der Waals surface area contributed by atoms with Gasteiger partial charge >= 0.3 is 17.9 Å². The Kier molecular flexibility index (Phi) is 51.9. The Hall–Kier alpha value is -3.67. The number of allylic oxidation sites excluding steroid dienone is 16. The summed E-state index contributed by atoms with van der Waals surface area (Å²) in [5.74, 6) is -0.992. The van der Waals surface area contributed by atoms with Gasteiger partial charge in [-0.15, -0.1) is 0 Å². The molecule has 0 radical (unpaired) electrons. The van der Waals surface area contributed by atoms with Crippen LogP contribution in [0.1, 0.15) is 252 Å². The fourth-order valence-electron chi connectivity index (χ4n) is 7.37. The van der Waals surface area contributed by atoms with Gasteiger partial charge in [0.05, 0.1) is 0 Å². The van der Waals surface area contributed by atoms with E-state index in [0.717, 1.165) is 89.9 Å². The molecular weight excluding hydrogens is 829 g/mol. The van der Waals surface area contributed by atoms with Gasteiger partial charge in [-0.2, -0.15) is 0 Å². The Labute approximate surface area is 413 Å². The van der Waals surface area contributed by atoms with Crippen molar-refractivity contribution in [1.82, 2.24) is 0 Å². The second-order valence-electron chi connectivity index (χ2n) is 18.1. The average molecular weight is 931 g/mol. The number of hydrogen-bond acceptors (Lipinski definition) is 6. The van der Waals surface area contributed by atoms with Gasteiger partial charge < -0.3 is 14.2 Å². The van der Waals surface area contributed by atoms with Gasteiger partial charge in [0.25, 0.3) is 0 Å². The lowest BCUT2D eigenvalue weighted by atomic mass is 10.1. The molecule has 0 spiro atoms. The van der Waals surface area contributed by atoms with Crippen LogP contribution in [0.3, 0.4) is 0 Å². The molecule has 0 amide bonds. The van der Waals surface area contributed by atoms with Crippen LogP contribution in [0.2, 0.25) is 0 Å². The van der Waals surface area contributed by atoms with Gasteiger partial charge in [-0.05, 0) is 122 Å². The van der Waals surface area contributed by atoms with E-state index >= 15 is 0 Å². The molecule has 1 atom stereocenters. The number of ether oxygens (including phenoxy) is 3. The fourth-order valence-corrected chi connectivity index (χ4v) is 7.37. The Balaban J connectivity index is 4.48. The smallest absolute Gasteiger partial charge is 0.306 e. The highest BCUT2D eigenvalue weighted by atomic mass is 16.6. The molecule has 0 aromatic rings. The van der Waals surface area contributed by atoms with Crippen molar-refractivity contribution in [3.8, 4) is 0 Å². The van der Waals surface area contributed by atoms with E-state index in [1.165, 1.54) is 116 Å². The zero-order valence-corrected chi connectivity index (χ0v) is 43.6. The maximum absolute atomic E-state index is 12.8. The lowest BCUT2D eigenvalue weighted by molar-refractivity contribution is -0.167. The Morgan fingerprint density at radius 1 is 0.313 bits per heavy atom. The predicted octanol–water partition coefficient (Wildman–Crippen LogP) is 18.5. The second-order valence-corrected chi connectivity index (χ2v) is 18.1. The van der Waals surface area contributed by atoms with Gasteiger partial charge in [-0.3, -0.25) is 14.4 Å². The topological polar surface area (TPSA) is 78.9 Å². The lowest BCUT2D eigenvalue weighted by Gasteiger charge is -2.18. The predicted molar refractivity (Wildman–Crippen MR) is 288 cm³/mol. The van der Waals surface area contributed by atoms with Crippen molar-refractivity contribution in [2.75, 3.05) is 13.2 Å². The molecule has 6 nitrogen and oxygen atoms in total. The van der Waals surface area contributed by atoms with Crippen LogP contribution in [0.5, 0.6) is 0 Å². The van der Waals surface area contributed by atoms with Gasteiger partial charge in [-0.25, -0.2) is 0 Å². The Morgan fingerprint density at radius 2 is 0.582 bits per heavy atom. The third-order valence-corrected chi connectivity index (χ3v) is 11.5. The molecule has 0 aliphatic heterocycles. The minimum atomic E-state index is -0.816. The second kappa shape index (κ2) is 54.9. The molecule has 0 rings (SSSR count). The van der Waals surface area contributed by atoms with Crippen LogP contribution < -0.4 is 0 Å². The highest BCUT2D eigenvalue weighted by Gasteiger charge is 2.19. The van der Waals surface area contributed by atoms with Gasteiger partial charge in [0.1, 0.15) is 13.2 Å². The summed E-state index contributed by atoms with van der Waals surface area (Å²) in [4.78, 5) is 38.1. The Morgan fingerprint density at radius 3 is 0.985 bits per heavy atom. The van der Waals surface area contributed by atoms with E-state index in [4.69, 9.17) is 14.2 Å². The third kappa shape index (κ3) is 53.2. The third-order valence-electron chi connectivity index (χ3n) is 11.5. The van der Waals surface area contributed by atoms with Crippen molar-refractivity contribution < 1.29 is 28.6 Å². The molecule has 0 aliphatic carbocycles. The highest BCUT2D eigenvalue weighted by molar-refractivity contribution is 5.71. The minimum absolute atomic E-state index is 0.108. The summed E-state index contributed by atoms with van der Waals surface area (Å²) in [5.41, 5.74) is 0. The molecule has 0 aliphatic rings. The van der Waals surface area contributed by atoms with Crippen LogP contribution in [0.4, 0.5) is 0 Å². The molecule has 0 bridgehead atoms. The van der Waals surface area contributed by atoms with E-state index < -0.39 is 6.10 Å². The van der Waals surface area contributed by atoms with Crippen LogP contribution in [0.25, 0.3) is 0 Å². The summed E-state index contributed by atoms with van der Waals surface area (Å²) in [5, 5.41) is 0. The first kappa shape index (κ1) is 63.3. The Bertz CT molecular complexity index is 1350. The van der Waals surface area contributed by atoms with E-state index in [2.05, 4.69) is 118 Å². The number of carbonyl (C=O) groups is 3. The molecule has 0 saturated heterocycles. The fraction of sp³-hybridized carbons (Fsp3) is 0.689. The maximum atomic E-state index is 12.8. The lowest BCUT2D eigenvalue weighted by Crippen LogP contribution is -2.30. The first-order valence-electron chi connectivity index (χ1n) is 27.7. The minimum Gasteiger partial charge on any atom is -0.462 e. The van der Waals surface area contributed by atoms with Crippen molar-refractivity contribution in [2.24, 2.45) is 0 Å². The molecule has 0 aromatic carbocycles. The molecule has 0 saturated carbocycles. The van der Waals surface area contributed by atoms with E-state index in [1.54, 1.807) is 0 Å². The molecule has 6 heteroatoms. The van der Waals surface area contributed by atoms with Crippen molar-refractivity contribution in [3.05, 3.63) is 97.2 Å². The summed E-state index contributed by atoms with van der Waals surface area (Å²) in [7, 11) is 0. The van der Waals surface area contributed by atoms with Crippen molar-refractivity contribution >= 4 is 17.9 Å². The molecule has 0 N–H and O–H groups in total. The summed E-state index contributed by atoms with van der Waals surface area (Å²) in [6, 6.07) is 0. The number of unbranched alkanes of at least 4 members (excludes halogenated alkanes) is 22. The normalized spacial score (nSPS) is 12.8. The van der Waals surface area contributed by atoms with E-state index in [1.807, 2.05) is 0 Å². The molecule has 67 heavy (non-hydrogen) atoms. The summed E-state index contributed by atoms with van der Waals surface area (Å²) >= 11 is 0. The molecular formula is C61H102O6. The summed E-state index contributed by atoms with van der Waals surface area (Å²) < 4.78 is 16.8. The zero-order valence-electron chi connectivity index (χ0n) is 43.6. The molecule has 0 fully saturated rings. The number of carbonyl (C=O) groups excluding carboxylic acids is 3. The summed E-state index contributed by atoms with van der Waals surface area (Å²) in [6.45, 7) is 6.42. The molecule has 0 heterocycles. The van der Waals surface area contributed by atoms with E-state index in [9.17, 15) is 14.4 Å². The van der Waals surface area contributed by atoms with Crippen molar-refractivity contribution in [3.63, 3.8) is 0 Å². The number of rotatable bonds is 49. The van der Waals surface area contributed by atoms with Crippen molar-refractivity contribution in [1.29, 1.82) is 0 Å². The van der Waals surface area contributed by atoms with Gasteiger partial charge in [0.2, 0.25) is 0 Å². The molecule has 382 valence electrons. The first-order chi connectivity index (χ1) is 33.0. The van der Waals surface area contributed by atoms with E-state index in [-0.39, 0.29) is 37.5 Å². The van der Waals surface area contributed by atoms with Crippen LogP contribution in [0.15, 0.2) is 97.2 Å². The molecule has 0 unspecified atom stereocenters. The van der Waals surface area contributed by atoms with Crippen LogP contribution in [-0.2, 0) is 28.6 Å². The quantitative estimate of drug-likeness (QED) is 0.0262. The van der Waals surface area contributed by atoms with Gasteiger partial charge in [0, 0.05) is 19.3 Å². The van der Waals surface area contributed by atoms with Gasteiger partial charge in [0.15, 0.2) is 6.10 Å². The molecule has 0 aromatic heterocycles. The van der Waals surface area contributed by atoms with E-state index in [0.29, 0.717) is 19.3 Å². The van der Waals surface area contributed by atoms with Crippen LogP contribution >= 0.6 is 0 Å². The monoisotopic (exact) mass is 931 g/mol. The first-order valence-corrected chi connectivity index (χ1v) is 27.7.